The minimum absolute atomic E-state index is 0.0628. The minimum atomic E-state index is -0.563. The van der Waals surface area contributed by atoms with Gasteiger partial charge in [0, 0.05) is 19.6 Å². The summed E-state index contributed by atoms with van der Waals surface area (Å²) in [4.78, 5) is 31.8. The lowest BCUT2D eigenvalue weighted by atomic mass is 9.98. The van der Waals surface area contributed by atoms with Crippen LogP contribution >= 0.6 is 11.6 Å². The van der Waals surface area contributed by atoms with Crippen LogP contribution < -0.4 is 5.32 Å². The number of piperidine rings is 1. The van der Waals surface area contributed by atoms with Gasteiger partial charge in [-0.2, -0.15) is 4.98 Å². The molecule has 1 fully saturated rings. The Balaban J connectivity index is 1.96. The highest BCUT2D eigenvalue weighted by Gasteiger charge is 2.28. The molecule has 0 spiro atoms. The van der Waals surface area contributed by atoms with Crippen LogP contribution in [0, 0.1) is 16.0 Å². The molecule has 0 radical (unpaired) electrons. The Hall–Kier alpha value is -2.16. The molecule has 1 aliphatic heterocycles. The summed E-state index contributed by atoms with van der Waals surface area (Å²) in [7, 11) is 0. The van der Waals surface area contributed by atoms with Gasteiger partial charge in [-0.15, -0.1) is 0 Å². The van der Waals surface area contributed by atoms with Gasteiger partial charge in [-0.25, -0.2) is 9.78 Å². The molecular weight excluding hydrogens is 350 g/mol. The lowest BCUT2D eigenvalue weighted by Gasteiger charge is -2.34. The van der Waals surface area contributed by atoms with Crippen LogP contribution in [-0.4, -0.2) is 51.1 Å². The third kappa shape index (κ3) is 5.70. The van der Waals surface area contributed by atoms with Crippen molar-refractivity contribution in [3.63, 3.8) is 0 Å². The average molecular weight is 372 g/mol. The molecule has 1 aromatic heterocycles. The molecule has 1 unspecified atom stereocenters. The van der Waals surface area contributed by atoms with Crippen LogP contribution in [0.4, 0.5) is 16.3 Å². The van der Waals surface area contributed by atoms with Crippen molar-refractivity contribution >= 4 is 29.2 Å². The number of nitrogens with one attached hydrogen (secondary N) is 1. The second-order valence-corrected chi connectivity index (χ2v) is 7.28. The lowest BCUT2D eigenvalue weighted by molar-refractivity contribution is -0.384. The number of aromatic nitrogens is 2. The molecule has 10 heteroatoms. The van der Waals surface area contributed by atoms with Crippen LogP contribution in [0.3, 0.4) is 0 Å². The largest absolute Gasteiger partial charge is 0.444 e. The number of halogens is 1. The maximum Gasteiger partial charge on any atom is 0.410 e. The summed E-state index contributed by atoms with van der Waals surface area (Å²) >= 11 is 5.71. The van der Waals surface area contributed by atoms with Crippen molar-refractivity contribution in [2.24, 2.45) is 5.92 Å². The van der Waals surface area contributed by atoms with Gasteiger partial charge in [-0.05, 0) is 51.1 Å². The number of hydrogen-bond donors (Lipinski definition) is 1. The first-order valence-corrected chi connectivity index (χ1v) is 8.42. The maximum atomic E-state index is 12.2. The fourth-order valence-corrected chi connectivity index (χ4v) is 2.72. The van der Waals surface area contributed by atoms with E-state index in [0.29, 0.717) is 19.6 Å². The topological polar surface area (TPSA) is 110 Å². The first-order chi connectivity index (χ1) is 11.7. The summed E-state index contributed by atoms with van der Waals surface area (Å²) in [6, 6.07) is 0. The van der Waals surface area contributed by atoms with Gasteiger partial charge in [0.25, 0.3) is 0 Å². The van der Waals surface area contributed by atoms with Gasteiger partial charge in [0.2, 0.25) is 11.1 Å². The van der Waals surface area contributed by atoms with Gasteiger partial charge in [0.1, 0.15) is 11.8 Å². The molecule has 1 aliphatic rings. The molecule has 25 heavy (non-hydrogen) atoms. The van der Waals surface area contributed by atoms with Gasteiger partial charge in [-0.1, -0.05) is 0 Å². The second-order valence-electron chi connectivity index (χ2n) is 6.95. The van der Waals surface area contributed by atoms with Gasteiger partial charge >= 0.3 is 11.8 Å². The fourth-order valence-electron chi connectivity index (χ4n) is 2.58. The number of hydrogen-bond acceptors (Lipinski definition) is 7. The quantitative estimate of drug-likeness (QED) is 0.491. The molecule has 1 aromatic rings. The molecule has 0 aromatic carbocycles. The first kappa shape index (κ1) is 19.2. The molecule has 2 rings (SSSR count). The van der Waals surface area contributed by atoms with E-state index in [9.17, 15) is 14.9 Å². The van der Waals surface area contributed by atoms with Crippen molar-refractivity contribution in [2.45, 2.75) is 39.2 Å². The van der Waals surface area contributed by atoms with Crippen molar-refractivity contribution in [1.29, 1.82) is 0 Å². The highest BCUT2D eigenvalue weighted by Crippen LogP contribution is 2.24. The third-order valence-corrected chi connectivity index (χ3v) is 3.85. The molecule has 138 valence electrons. The number of anilines is 1. The van der Waals surface area contributed by atoms with Crippen molar-refractivity contribution in [3.8, 4) is 0 Å². The van der Waals surface area contributed by atoms with Crippen molar-refractivity contribution in [2.75, 3.05) is 25.0 Å². The van der Waals surface area contributed by atoms with Gasteiger partial charge < -0.3 is 15.0 Å². The lowest BCUT2D eigenvalue weighted by Crippen LogP contribution is -2.44. The zero-order valence-corrected chi connectivity index (χ0v) is 15.2. The van der Waals surface area contributed by atoms with E-state index in [2.05, 4.69) is 15.3 Å². The van der Waals surface area contributed by atoms with Crippen molar-refractivity contribution in [1.82, 2.24) is 14.9 Å². The normalized spacial score (nSPS) is 17.9. The Morgan fingerprint density at radius 2 is 2.28 bits per heavy atom. The van der Waals surface area contributed by atoms with Crippen LogP contribution in [0.2, 0.25) is 5.28 Å². The van der Waals surface area contributed by atoms with E-state index in [4.69, 9.17) is 16.3 Å². The number of amides is 1. The van der Waals surface area contributed by atoms with Crippen molar-refractivity contribution < 1.29 is 14.5 Å². The Morgan fingerprint density at radius 1 is 1.56 bits per heavy atom. The summed E-state index contributed by atoms with van der Waals surface area (Å²) in [5.41, 5.74) is -0.773. The van der Waals surface area contributed by atoms with Crippen LogP contribution in [0.1, 0.15) is 33.6 Å². The van der Waals surface area contributed by atoms with Crippen LogP contribution in [0.15, 0.2) is 6.20 Å². The van der Waals surface area contributed by atoms with Gasteiger partial charge in [-0.3, -0.25) is 10.1 Å². The average Bonchev–Trinajstić information content (AvgIpc) is 2.51. The third-order valence-electron chi connectivity index (χ3n) is 3.67. The first-order valence-electron chi connectivity index (χ1n) is 8.04. The Labute approximate surface area is 150 Å². The number of likely N-dealkylation sites (tertiary alicyclic amines) is 1. The monoisotopic (exact) mass is 371 g/mol. The predicted molar refractivity (Wildman–Crippen MR) is 92.7 cm³/mol. The van der Waals surface area contributed by atoms with E-state index in [-0.39, 0.29) is 28.8 Å². The standard InChI is InChI=1S/C15H22ClN5O4/c1-15(2,3)25-14(22)20-6-4-5-10(9-20)7-17-12-11(21(23)24)8-18-13(16)19-12/h8,10H,4-7,9H2,1-3H3,(H,17,18,19). The number of nitro groups is 1. The van der Waals surface area contributed by atoms with E-state index in [1.54, 1.807) is 4.90 Å². The molecule has 0 bridgehead atoms. The molecule has 1 atom stereocenters. The number of carbonyl (C=O) groups excluding carboxylic acids is 1. The number of rotatable bonds is 4. The summed E-state index contributed by atoms with van der Waals surface area (Å²) in [6.07, 6.45) is 2.48. The Morgan fingerprint density at radius 3 is 2.92 bits per heavy atom. The van der Waals surface area contributed by atoms with Crippen LogP contribution in [0.5, 0.6) is 0 Å². The molecular formula is C15H22ClN5O4. The number of nitrogens with zero attached hydrogens (tertiary/aromatic N) is 4. The zero-order chi connectivity index (χ0) is 18.6. The second kappa shape index (κ2) is 7.81. The highest BCUT2D eigenvalue weighted by molar-refractivity contribution is 6.28. The van der Waals surface area contributed by atoms with Gasteiger partial charge in [0.15, 0.2) is 0 Å². The van der Waals surface area contributed by atoms with E-state index < -0.39 is 10.5 Å². The molecule has 1 amide bonds. The Bertz CT molecular complexity index is 649. The SMILES string of the molecule is CC(C)(C)OC(=O)N1CCCC(CNc2nc(Cl)ncc2[N+](=O)[O-])C1. The van der Waals surface area contributed by atoms with Crippen LogP contribution in [0.25, 0.3) is 0 Å². The molecule has 1 N–H and O–H groups in total. The smallest absolute Gasteiger partial charge is 0.410 e. The molecule has 0 saturated carbocycles. The summed E-state index contributed by atoms with van der Waals surface area (Å²) in [5, 5.41) is 13.9. The van der Waals surface area contributed by atoms with E-state index in [0.717, 1.165) is 19.0 Å². The molecule has 0 aliphatic carbocycles. The van der Waals surface area contributed by atoms with Crippen LogP contribution in [-0.2, 0) is 4.74 Å². The van der Waals surface area contributed by atoms with Gasteiger partial charge in [0.05, 0.1) is 4.92 Å². The van der Waals surface area contributed by atoms with E-state index in [1.807, 2.05) is 20.8 Å². The molecule has 1 saturated heterocycles. The minimum Gasteiger partial charge on any atom is -0.444 e. The summed E-state index contributed by atoms with van der Waals surface area (Å²) < 4.78 is 5.39. The van der Waals surface area contributed by atoms with E-state index in [1.165, 1.54) is 0 Å². The Kier molecular flexibility index (Phi) is 5.99. The van der Waals surface area contributed by atoms with E-state index >= 15 is 0 Å². The number of ether oxygens (including phenoxy) is 1. The number of carbonyl (C=O) groups is 1. The molecule has 9 nitrogen and oxygen atoms in total. The maximum absolute atomic E-state index is 12.2. The fraction of sp³-hybridized carbons (Fsp3) is 0.667. The highest BCUT2D eigenvalue weighted by atomic mass is 35.5. The summed E-state index contributed by atoms with van der Waals surface area (Å²) in [5.74, 6) is 0.217. The molecule has 2 heterocycles. The zero-order valence-electron chi connectivity index (χ0n) is 14.5. The van der Waals surface area contributed by atoms with Crippen molar-refractivity contribution in [3.05, 3.63) is 21.6 Å². The summed E-state index contributed by atoms with van der Waals surface area (Å²) in [6.45, 7) is 7.08. The predicted octanol–water partition coefficient (Wildman–Crippen LogP) is 3.10.